The number of benzene rings is 1. The molecule has 0 saturated carbocycles. The van der Waals surface area contributed by atoms with E-state index in [2.05, 4.69) is 38.2 Å². The largest absolute Gasteiger partial charge is 0.338 e. The summed E-state index contributed by atoms with van der Waals surface area (Å²) in [6, 6.07) is 4.92. The number of rotatable bonds is 7. The topological polar surface area (TPSA) is 116 Å². The van der Waals surface area contributed by atoms with Crippen molar-refractivity contribution in [1.82, 2.24) is 30.8 Å². The SMILES string of the molecule is CCCCNC(=O)Nc1cc(C(=O)N(C)Cc2nn[nH]n2)ccc1C. The maximum Gasteiger partial charge on any atom is 0.319 e. The summed E-state index contributed by atoms with van der Waals surface area (Å²) >= 11 is 0. The molecule has 1 aromatic carbocycles. The van der Waals surface area contributed by atoms with E-state index in [0.717, 1.165) is 18.4 Å². The van der Waals surface area contributed by atoms with Crippen LogP contribution in [-0.4, -0.2) is 51.1 Å². The Balaban J connectivity index is 2.04. The lowest BCUT2D eigenvalue weighted by atomic mass is 10.1. The molecule has 0 atom stereocenters. The zero-order valence-electron chi connectivity index (χ0n) is 14.7. The molecular weight excluding hydrogens is 322 g/mol. The van der Waals surface area contributed by atoms with Crippen LogP contribution < -0.4 is 10.6 Å². The number of unbranched alkanes of at least 4 members (excludes halogenated alkanes) is 1. The van der Waals surface area contributed by atoms with Crippen molar-refractivity contribution >= 4 is 17.6 Å². The molecule has 2 rings (SSSR count). The highest BCUT2D eigenvalue weighted by Crippen LogP contribution is 2.18. The number of anilines is 1. The normalized spacial score (nSPS) is 10.4. The standard InChI is InChI=1S/C16H23N7O2/c1-4-5-8-17-16(25)18-13-9-12(7-6-11(13)2)15(24)23(3)10-14-19-21-22-20-14/h6-7,9H,4-5,8,10H2,1-3H3,(H2,17,18,25)(H,19,20,21,22). The molecule has 9 heteroatoms. The van der Waals surface area contributed by atoms with E-state index in [1.807, 2.05) is 6.92 Å². The van der Waals surface area contributed by atoms with Crippen molar-refractivity contribution in [3.05, 3.63) is 35.2 Å². The number of hydrogen-bond acceptors (Lipinski definition) is 5. The Morgan fingerprint density at radius 1 is 1.32 bits per heavy atom. The van der Waals surface area contributed by atoms with Crippen LogP contribution in [0.5, 0.6) is 0 Å². The second kappa shape index (κ2) is 8.76. The highest BCUT2D eigenvalue weighted by atomic mass is 16.2. The van der Waals surface area contributed by atoms with Crippen LogP contribution in [0.4, 0.5) is 10.5 Å². The van der Waals surface area contributed by atoms with Crippen LogP contribution in [0.15, 0.2) is 18.2 Å². The lowest BCUT2D eigenvalue weighted by molar-refractivity contribution is 0.0781. The average molecular weight is 345 g/mol. The van der Waals surface area contributed by atoms with Gasteiger partial charge in [0.1, 0.15) is 0 Å². The van der Waals surface area contributed by atoms with Gasteiger partial charge in [-0.25, -0.2) is 4.79 Å². The molecule has 0 fully saturated rings. The second-order valence-corrected chi connectivity index (χ2v) is 5.75. The quantitative estimate of drug-likeness (QED) is 0.661. The predicted octanol–water partition coefficient (Wildman–Crippen LogP) is 1.70. The summed E-state index contributed by atoms with van der Waals surface area (Å²) in [7, 11) is 1.66. The second-order valence-electron chi connectivity index (χ2n) is 5.75. The third-order valence-electron chi connectivity index (χ3n) is 3.66. The summed E-state index contributed by atoms with van der Waals surface area (Å²) in [5, 5.41) is 19.1. The molecule has 25 heavy (non-hydrogen) atoms. The summed E-state index contributed by atoms with van der Waals surface area (Å²) in [5.41, 5.74) is 1.95. The van der Waals surface area contributed by atoms with Crippen LogP contribution in [0.1, 0.15) is 41.5 Å². The van der Waals surface area contributed by atoms with Gasteiger partial charge in [-0.15, -0.1) is 10.2 Å². The van der Waals surface area contributed by atoms with E-state index in [4.69, 9.17) is 0 Å². The molecule has 0 aliphatic rings. The first-order valence-corrected chi connectivity index (χ1v) is 8.14. The summed E-state index contributed by atoms with van der Waals surface area (Å²) in [4.78, 5) is 26.0. The minimum absolute atomic E-state index is 0.195. The minimum Gasteiger partial charge on any atom is -0.338 e. The zero-order valence-corrected chi connectivity index (χ0v) is 14.7. The van der Waals surface area contributed by atoms with E-state index >= 15 is 0 Å². The number of urea groups is 1. The van der Waals surface area contributed by atoms with Gasteiger partial charge in [-0.2, -0.15) is 5.21 Å². The third-order valence-corrected chi connectivity index (χ3v) is 3.66. The van der Waals surface area contributed by atoms with Gasteiger partial charge < -0.3 is 15.5 Å². The number of H-pyrrole nitrogens is 1. The Morgan fingerprint density at radius 3 is 2.80 bits per heavy atom. The molecule has 0 radical (unpaired) electrons. The Morgan fingerprint density at radius 2 is 2.12 bits per heavy atom. The van der Waals surface area contributed by atoms with E-state index < -0.39 is 0 Å². The number of aryl methyl sites for hydroxylation is 1. The van der Waals surface area contributed by atoms with E-state index in [1.165, 1.54) is 4.90 Å². The van der Waals surface area contributed by atoms with E-state index in [-0.39, 0.29) is 18.5 Å². The first-order valence-electron chi connectivity index (χ1n) is 8.14. The molecule has 3 amide bonds. The van der Waals surface area contributed by atoms with Crippen molar-refractivity contribution in [1.29, 1.82) is 0 Å². The molecule has 1 heterocycles. The zero-order chi connectivity index (χ0) is 18.2. The van der Waals surface area contributed by atoms with Gasteiger partial charge in [0.15, 0.2) is 5.82 Å². The number of nitrogens with one attached hydrogen (secondary N) is 3. The van der Waals surface area contributed by atoms with E-state index in [0.29, 0.717) is 23.6 Å². The lowest BCUT2D eigenvalue weighted by Gasteiger charge is -2.16. The van der Waals surface area contributed by atoms with Crippen molar-refractivity contribution in [2.24, 2.45) is 0 Å². The maximum absolute atomic E-state index is 12.5. The minimum atomic E-state index is -0.277. The van der Waals surface area contributed by atoms with Gasteiger partial charge in [0.2, 0.25) is 0 Å². The Bertz CT molecular complexity index is 715. The van der Waals surface area contributed by atoms with Gasteiger partial charge in [0, 0.05) is 24.8 Å². The van der Waals surface area contributed by atoms with Gasteiger partial charge in [-0.3, -0.25) is 4.79 Å². The van der Waals surface area contributed by atoms with Crippen molar-refractivity contribution in [2.45, 2.75) is 33.2 Å². The van der Waals surface area contributed by atoms with E-state index in [1.54, 1.807) is 25.2 Å². The highest BCUT2D eigenvalue weighted by Gasteiger charge is 2.15. The highest BCUT2D eigenvalue weighted by molar-refractivity contribution is 5.97. The molecule has 0 aliphatic heterocycles. The van der Waals surface area contributed by atoms with Crippen molar-refractivity contribution < 1.29 is 9.59 Å². The molecule has 1 aromatic heterocycles. The van der Waals surface area contributed by atoms with Gasteiger partial charge >= 0.3 is 6.03 Å². The number of aromatic amines is 1. The fourth-order valence-corrected chi connectivity index (χ4v) is 2.19. The fourth-order valence-electron chi connectivity index (χ4n) is 2.19. The molecule has 0 unspecified atom stereocenters. The Hall–Kier alpha value is -2.97. The summed E-state index contributed by atoms with van der Waals surface area (Å²) in [6.07, 6.45) is 1.93. The van der Waals surface area contributed by atoms with Gasteiger partial charge in [-0.05, 0) is 31.0 Å². The van der Waals surface area contributed by atoms with Crippen LogP contribution in [0.25, 0.3) is 0 Å². The Kier molecular flexibility index (Phi) is 6.44. The Labute approximate surface area is 146 Å². The van der Waals surface area contributed by atoms with Crippen LogP contribution in [0.3, 0.4) is 0 Å². The van der Waals surface area contributed by atoms with Crippen LogP contribution >= 0.6 is 0 Å². The summed E-state index contributed by atoms with van der Waals surface area (Å²) in [5.74, 6) is 0.232. The molecule has 0 spiro atoms. The number of carbonyl (C=O) groups excluding carboxylic acids is 2. The molecule has 9 nitrogen and oxygen atoms in total. The molecule has 0 saturated heterocycles. The lowest BCUT2D eigenvalue weighted by Crippen LogP contribution is -2.30. The van der Waals surface area contributed by atoms with Crippen LogP contribution in [0, 0.1) is 6.92 Å². The fraction of sp³-hybridized carbons (Fsp3) is 0.438. The predicted molar refractivity (Wildman–Crippen MR) is 93.1 cm³/mol. The molecule has 0 bridgehead atoms. The van der Waals surface area contributed by atoms with Gasteiger partial charge in [0.05, 0.1) is 6.54 Å². The number of nitrogens with zero attached hydrogens (tertiary/aromatic N) is 4. The molecule has 134 valence electrons. The average Bonchev–Trinajstić information content (AvgIpc) is 3.09. The number of amides is 3. The number of aromatic nitrogens is 4. The van der Waals surface area contributed by atoms with E-state index in [9.17, 15) is 9.59 Å². The van der Waals surface area contributed by atoms with Gasteiger partial charge in [-0.1, -0.05) is 24.6 Å². The number of carbonyl (C=O) groups is 2. The smallest absolute Gasteiger partial charge is 0.319 e. The maximum atomic E-state index is 12.5. The van der Waals surface area contributed by atoms with Crippen LogP contribution in [0.2, 0.25) is 0 Å². The van der Waals surface area contributed by atoms with Crippen molar-refractivity contribution in [3.63, 3.8) is 0 Å². The summed E-state index contributed by atoms with van der Waals surface area (Å²) in [6.45, 7) is 4.79. The number of hydrogen-bond donors (Lipinski definition) is 3. The summed E-state index contributed by atoms with van der Waals surface area (Å²) < 4.78 is 0. The molecule has 0 aliphatic carbocycles. The van der Waals surface area contributed by atoms with Crippen molar-refractivity contribution in [2.75, 3.05) is 18.9 Å². The first kappa shape index (κ1) is 18.4. The van der Waals surface area contributed by atoms with Gasteiger partial charge in [0.25, 0.3) is 5.91 Å². The monoisotopic (exact) mass is 345 g/mol. The molecular formula is C16H23N7O2. The third kappa shape index (κ3) is 5.27. The van der Waals surface area contributed by atoms with Crippen LogP contribution in [-0.2, 0) is 6.54 Å². The first-order chi connectivity index (χ1) is 12.0. The molecule has 2 aromatic rings. The van der Waals surface area contributed by atoms with Crippen molar-refractivity contribution in [3.8, 4) is 0 Å². The number of tetrazole rings is 1. The molecule has 3 N–H and O–H groups in total.